The van der Waals surface area contributed by atoms with Gasteiger partial charge in [-0.05, 0) is 23.9 Å². The van der Waals surface area contributed by atoms with Crippen LogP contribution in [0.2, 0.25) is 0 Å². The molecule has 0 aromatic heterocycles. The number of rotatable bonds is 3. The Morgan fingerprint density at radius 1 is 1.15 bits per heavy atom. The van der Waals surface area contributed by atoms with Gasteiger partial charge in [0.25, 0.3) is 6.43 Å². The van der Waals surface area contributed by atoms with Crippen LogP contribution < -0.4 is 4.74 Å². The van der Waals surface area contributed by atoms with Crippen LogP contribution in [0.15, 0.2) is 52.1 Å². The van der Waals surface area contributed by atoms with Crippen LogP contribution in [0.25, 0.3) is 0 Å². The van der Waals surface area contributed by atoms with Crippen LogP contribution in [0, 0.1) is 11.3 Å². The molecule has 2 aliphatic rings. The Morgan fingerprint density at radius 2 is 1.81 bits per heavy atom. The lowest BCUT2D eigenvalue weighted by Gasteiger charge is -2.32. The van der Waals surface area contributed by atoms with Gasteiger partial charge in [0.15, 0.2) is 5.76 Å². The molecular weight excluding hydrogens is 383 g/mol. The van der Waals surface area contributed by atoms with Crippen LogP contribution >= 0.6 is 0 Å². The highest BCUT2D eigenvalue weighted by Gasteiger charge is 2.62. The van der Waals surface area contributed by atoms with Crippen molar-refractivity contribution >= 4 is 5.78 Å². The second-order valence-electron chi connectivity index (χ2n) is 5.41. The number of Topliss-reactive ketones (excluding diaryl/α,β-unsaturated/α-hetero) is 1. The largest absolute Gasteiger partial charge is 0.448 e. The average molecular weight is 387 g/mol. The maximum absolute atomic E-state index is 13.4. The number of nitriles is 1. The highest BCUT2D eigenvalue weighted by molar-refractivity contribution is 6.17. The zero-order valence-electron chi connectivity index (χ0n) is 12.7. The molecule has 3 rings (SSSR count). The molecule has 0 amide bonds. The van der Waals surface area contributed by atoms with E-state index in [4.69, 9.17) is 10.00 Å². The SMILES string of the molecule is N#Cc1cc(OC2=C=C=C3C(=C2C(F)(F)F)C(=O)C3(F)F)cc(C(F)F)c1. The number of carbonyl (C=O) groups excluding carboxylic acids is 1. The number of allylic oxidation sites excluding steroid dienone is 3. The Labute approximate surface area is 146 Å². The molecule has 1 fully saturated rings. The van der Waals surface area contributed by atoms with Crippen molar-refractivity contribution < 1.29 is 40.3 Å². The van der Waals surface area contributed by atoms with Crippen molar-refractivity contribution in [1.82, 2.24) is 0 Å². The molecule has 0 N–H and O–H groups in total. The van der Waals surface area contributed by atoms with Crippen molar-refractivity contribution in [2.45, 2.75) is 18.5 Å². The van der Waals surface area contributed by atoms with Gasteiger partial charge in [-0.25, -0.2) is 8.78 Å². The summed E-state index contributed by atoms with van der Waals surface area (Å²) in [5, 5.41) is 8.83. The highest BCUT2D eigenvalue weighted by atomic mass is 19.4. The summed E-state index contributed by atoms with van der Waals surface area (Å²) in [5.41, 5.74) is -1.94. The molecule has 3 nitrogen and oxygen atoms in total. The van der Waals surface area contributed by atoms with E-state index in [1.54, 1.807) is 11.5 Å². The first kappa shape index (κ1) is 18.5. The van der Waals surface area contributed by atoms with Gasteiger partial charge in [-0.15, -0.1) is 0 Å². The molecule has 2 aliphatic carbocycles. The lowest BCUT2D eigenvalue weighted by Crippen LogP contribution is -2.47. The van der Waals surface area contributed by atoms with Crippen molar-refractivity contribution in [3.8, 4) is 11.8 Å². The predicted octanol–water partition coefficient (Wildman–Crippen LogP) is 4.53. The molecular formula is C17H4F7NO2. The molecule has 0 unspecified atom stereocenters. The number of ether oxygens (including phenoxy) is 1. The molecule has 1 aromatic rings. The molecule has 0 radical (unpaired) electrons. The topological polar surface area (TPSA) is 50.1 Å². The number of carbonyl (C=O) groups is 1. The first-order valence-corrected chi connectivity index (χ1v) is 6.99. The summed E-state index contributed by atoms with van der Waals surface area (Å²) in [7, 11) is 0. The van der Waals surface area contributed by atoms with E-state index in [0.29, 0.717) is 6.07 Å². The summed E-state index contributed by atoms with van der Waals surface area (Å²) >= 11 is 0. The van der Waals surface area contributed by atoms with Crippen molar-refractivity contribution in [3.05, 3.63) is 63.3 Å². The van der Waals surface area contributed by atoms with Gasteiger partial charge in [0.05, 0.1) is 22.8 Å². The minimum absolute atomic E-state index is 0.327. The van der Waals surface area contributed by atoms with Gasteiger partial charge in [0, 0.05) is 5.56 Å². The molecule has 0 spiro atoms. The number of hydrogen-bond donors (Lipinski definition) is 0. The fourth-order valence-corrected chi connectivity index (χ4v) is 2.49. The Balaban J connectivity index is 2.14. The summed E-state index contributed by atoms with van der Waals surface area (Å²) in [6.45, 7) is 0. The Bertz CT molecular complexity index is 1040. The van der Waals surface area contributed by atoms with E-state index in [0.717, 1.165) is 12.1 Å². The molecule has 0 saturated heterocycles. The number of hydrogen-bond acceptors (Lipinski definition) is 3. The van der Waals surface area contributed by atoms with Crippen molar-refractivity contribution in [2.24, 2.45) is 0 Å². The van der Waals surface area contributed by atoms with E-state index < -0.39 is 58.1 Å². The summed E-state index contributed by atoms with van der Waals surface area (Å²) in [6.07, 6.45) is -8.31. The maximum Gasteiger partial charge on any atom is 0.421 e. The number of halogens is 7. The molecule has 0 atom stereocenters. The first-order valence-electron chi connectivity index (χ1n) is 6.99. The quantitative estimate of drug-likeness (QED) is 0.566. The average Bonchev–Trinajstić information content (AvgIpc) is 2.59. The van der Waals surface area contributed by atoms with Crippen molar-refractivity contribution in [1.29, 1.82) is 5.26 Å². The van der Waals surface area contributed by atoms with Crippen LogP contribution in [0.3, 0.4) is 0 Å². The minimum Gasteiger partial charge on any atom is -0.448 e. The highest BCUT2D eigenvalue weighted by Crippen LogP contribution is 2.50. The summed E-state index contributed by atoms with van der Waals surface area (Å²) in [6, 6.07) is 3.89. The summed E-state index contributed by atoms with van der Waals surface area (Å²) in [5.74, 6) is -7.95. The molecule has 27 heavy (non-hydrogen) atoms. The Hall–Kier alpha value is -3.27. The van der Waals surface area contributed by atoms with Gasteiger partial charge in [-0.3, -0.25) is 4.79 Å². The normalized spacial score (nSPS) is 17.8. The molecule has 1 saturated carbocycles. The Kier molecular flexibility index (Phi) is 4.03. The van der Waals surface area contributed by atoms with Gasteiger partial charge in [-0.1, -0.05) is 5.73 Å². The van der Waals surface area contributed by atoms with Crippen LogP contribution in [0.5, 0.6) is 5.75 Å². The summed E-state index contributed by atoms with van der Waals surface area (Å²) < 4.78 is 97.2. The van der Waals surface area contributed by atoms with E-state index in [9.17, 15) is 35.5 Å². The van der Waals surface area contributed by atoms with E-state index >= 15 is 0 Å². The van der Waals surface area contributed by atoms with Crippen LogP contribution in [0.4, 0.5) is 30.7 Å². The third-order valence-corrected chi connectivity index (χ3v) is 3.67. The predicted molar refractivity (Wildman–Crippen MR) is 73.8 cm³/mol. The van der Waals surface area contributed by atoms with Crippen LogP contribution in [0.1, 0.15) is 17.6 Å². The lowest BCUT2D eigenvalue weighted by atomic mass is 9.75. The number of ketones is 1. The van der Waals surface area contributed by atoms with E-state index in [1.807, 2.05) is 0 Å². The minimum atomic E-state index is -5.27. The maximum atomic E-state index is 13.4. The van der Waals surface area contributed by atoms with Crippen LogP contribution in [-0.4, -0.2) is 17.9 Å². The second kappa shape index (κ2) is 5.88. The molecule has 10 heteroatoms. The smallest absolute Gasteiger partial charge is 0.421 e. The number of fused-ring (bicyclic) bond motifs is 1. The molecule has 1 aromatic carbocycles. The zero-order chi connectivity index (χ0) is 20.1. The number of benzene rings is 1. The standard InChI is InChI=1S/C17H4F7NO2/c18-15(19)8-3-7(6-25)4-9(5-8)27-11-2-1-10-12(13(11)17(22,23)24)14(26)16(10,20)21/h3-5,15H. The fraction of sp³-hybridized carbons (Fsp3) is 0.176. The third-order valence-electron chi connectivity index (χ3n) is 3.67. The van der Waals surface area contributed by atoms with Crippen LogP contribution in [-0.2, 0) is 4.79 Å². The van der Waals surface area contributed by atoms with E-state index in [2.05, 4.69) is 0 Å². The van der Waals surface area contributed by atoms with Gasteiger partial charge < -0.3 is 4.74 Å². The molecule has 0 aliphatic heterocycles. The first-order chi connectivity index (χ1) is 12.5. The van der Waals surface area contributed by atoms with Gasteiger partial charge in [0.1, 0.15) is 11.3 Å². The molecule has 0 bridgehead atoms. The monoisotopic (exact) mass is 387 g/mol. The Morgan fingerprint density at radius 3 is 2.37 bits per heavy atom. The van der Waals surface area contributed by atoms with E-state index in [1.165, 1.54) is 6.07 Å². The fourth-order valence-electron chi connectivity index (χ4n) is 2.49. The van der Waals surface area contributed by atoms with Crippen molar-refractivity contribution in [2.75, 3.05) is 0 Å². The third kappa shape index (κ3) is 2.93. The zero-order valence-corrected chi connectivity index (χ0v) is 12.7. The number of nitrogens with zero attached hydrogens (tertiary/aromatic N) is 1. The number of alkyl halides is 7. The van der Waals surface area contributed by atoms with Gasteiger partial charge in [0.2, 0.25) is 5.78 Å². The van der Waals surface area contributed by atoms with Gasteiger partial charge >= 0.3 is 12.1 Å². The summed E-state index contributed by atoms with van der Waals surface area (Å²) in [4.78, 5) is 11.4. The van der Waals surface area contributed by atoms with Gasteiger partial charge in [-0.2, -0.15) is 27.2 Å². The van der Waals surface area contributed by atoms with Crippen molar-refractivity contribution in [3.63, 3.8) is 0 Å². The lowest BCUT2D eigenvalue weighted by molar-refractivity contribution is -0.141. The second-order valence-corrected chi connectivity index (χ2v) is 5.41. The van der Waals surface area contributed by atoms with E-state index in [-0.39, 0.29) is 5.56 Å². The molecule has 0 heterocycles. The molecule has 138 valence electrons.